The van der Waals surface area contributed by atoms with Gasteiger partial charge >= 0.3 is 0 Å². The first kappa shape index (κ1) is 15.3. The minimum absolute atomic E-state index is 0.453. The van der Waals surface area contributed by atoms with Crippen molar-refractivity contribution in [3.63, 3.8) is 0 Å². The second-order valence-electron chi connectivity index (χ2n) is 7.17. The maximum absolute atomic E-state index is 5.67. The predicted octanol–water partition coefficient (Wildman–Crippen LogP) is 3.35. The van der Waals surface area contributed by atoms with Gasteiger partial charge in [-0.05, 0) is 55.8 Å². The molecule has 0 saturated carbocycles. The van der Waals surface area contributed by atoms with Crippen LogP contribution in [0.4, 0.5) is 5.69 Å². The highest BCUT2D eigenvalue weighted by molar-refractivity contribution is 5.34. The second kappa shape index (κ2) is 6.57. The fraction of sp³-hybridized carbons (Fsp3) is 0.706. The number of nitrogens with zero attached hydrogens (tertiary/aromatic N) is 2. The standard InChI is InChI=1S/C17H29N3/c1-17(2,3)14-5-4-10-20(11-8-14)12-9-16-7-6-15(18)13-19-16/h6-7,13-14H,4-5,8-12,18H2,1-3H3. The first-order valence-electron chi connectivity index (χ1n) is 7.88. The molecule has 1 fully saturated rings. The Bertz CT molecular complexity index is 405. The summed E-state index contributed by atoms with van der Waals surface area (Å²) in [5.41, 5.74) is 8.02. The molecule has 1 aliphatic rings. The van der Waals surface area contributed by atoms with Gasteiger partial charge in [-0.25, -0.2) is 0 Å². The third-order valence-electron chi connectivity index (χ3n) is 4.58. The number of aromatic nitrogens is 1. The van der Waals surface area contributed by atoms with Crippen molar-refractivity contribution >= 4 is 5.69 Å². The van der Waals surface area contributed by atoms with Crippen LogP contribution in [0.25, 0.3) is 0 Å². The first-order valence-corrected chi connectivity index (χ1v) is 7.88. The number of nitrogen functional groups attached to an aromatic ring is 1. The van der Waals surface area contributed by atoms with E-state index in [1.165, 1.54) is 32.4 Å². The molecule has 1 unspecified atom stereocenters. The Morgan fingerprint density at radius 1 is 1.25 bits per heavy atom. The van der Waals surface area contributed by atoms with E-state index in [1.807, 2.05) is 12.1 Å². The zero-order valence-electron chi connectivity index (χ0n) is 13.2. The average molecular weight is 275 g/mol. The lowest BCUT2D eigenvalue weighted by atomic mass is 9.77. The van der Waals surface area contributed by atoms with E-state index >= 15 is 0 Å². The topological polar surface area (TPSA) is 42.1 Å². The molecule has 112 valence electrons. The minimum atomic E-state index is 0.453. The first-order chi connectivity index (χ1) is 9.45. The van der Waals surface area contributed by atoms with E-state index in [2.05, 4.69) is 30.7 Å². The van der Waals surface area contributed by atoms with Crippen LogP contribution in [0.2, 0.25) is 0 Å². The number of rotatable bonds is 3. The van der Waals surface area contributed by atoms with Gasteiger partial charge in [0, 0.05) is 18.7 Å². The Morgan fingerprint density at radius 3 is 2.70 bits per heavy atom. The van der Waals surface area contributed by atoms with Crippen molar-refractivity contribution < 1.29 is 0 Å². The summed E-state index contributed by atoms with van der Waals surface area (Å²) in [5.74, 6) is 0.863. The lowest BCUT2D eigenvalue weighted by Gasteiger charge is -2.29. The molecule has 1 atom stereocenters. The molecule has 2 rings (SSSR count). The van der Waals surface area contributed by atoms with E-state index in [9.17, 15) is 0 Å². The van der Waals surface area contributed by atoms with Gasteiger partial charge in [-0.3, -0.25) is 4.98 Å². The Balaban J connectivity index is 1.81. The van der Waals surface area contributed by atoms with Gasteiger partial charge in [0.1, 0.15) is 0 Å². The van der Waals surface area contributed by atoms with Crippen molar-refractivity contribution in [1.29, 1.82) is 0 Å². The van der Waals surface area contributed by atoms with Crippen LogP contribution in [-0.2, 0) is 6.42 Å². The molecular formula is C17H29N3. The van der Waals surface area contributed by atoms with Crippen LogP contribution < -0.4 is 5.73 Å². The summed E-state index contributed by atoms with van der Waals surface area (Å²) in [7, 11) is 0. The quantitative estimate of drug-likeness (QED) is 0.920. The molecule has 0 bridgehead atoms. The molecule has 3 heteroatoms. The van der Waals surface area contributed by atoms with Gasteiger partial charge in [-0.1, -0.05) is 20.8 Å². The molecule has 1 aliphatic heterocycles. The summed E-state index contributed by atoms with van der Waals surface area (Å²) in [6.45, 7) is 10.7. The molecule has 1 saturated heterocycles. The zero-order chi connectivity index (χ0) is 14.6. The summed E-state index contributed by atoms with van der Waals surface area (Å²) in [6.07, 6.45) is 6.82. The fourth-order valence-corrected chi connectivity index (χ4v) is 3.10. The van der Waals surface area contributed by atoms with Crippen LogP contribution in [0.5, 0.6) is 0 Å². The number of hydrogen-bond donors (Lipinski definition) is 1. The van der Waals surface area contributed by atoms with Crippen molar-refractivity contribution in [2.24, 2.45) is 11.3 Å². The molecule has 0 aliphatic carbocycles. The summed E-state index contributed by atoms with van der Waals surface area (Å²) in [5, 5.41) is 0. The average Bonchev–Trinajstić information content (AvgIpc) is 2.63. The lowest BCUT2D eigenvalue weighted by molar-refractivity contribution is 0.208. The smallest absolute Gasteiger partial charge is 0.0501 e. The van der Waals surface area contributed by atoms with Gasteiger partial charge in [-0.15, -0.1) is 0 Å². The van der Waals surface area contributed by atoms with Gasteiger partial charge in [-0.2, -0.15) is 0 Å². The van der Waals surface area contributed by atoms with Gasteiger partial charge in [0.25, 0.3) is 0 Å². The van der Waals surface area contributed by atoms with E-state index in [1.54, 1.807) is 6.20 Å². The molecule has 2 N–H and O–H groups in total. The highest BCUT2D eigenvalue weighted by Crippen LogP contribution is 2.34. The molecule has 0 aromatic carbocycles. The van der Waals surface area contributed by atoms with Crippen LogP contribution >= 0.6 is 0 Å². The monoisotopic (exact) mass is 275 g/mol. The fourth-order valence-electron chi connectivity index (χ4n) is 3.10. The molecule has 0 spiro atoms. The number of anilines is 1. The molecular weight excluding hydrogens is 246 g/mol. The van der Waals surface area contributed by atoms with Gasteiger partial charge < -0.3 is 10.6 Å². The van der Waals surface area contributed by atoms with Gasteiger partial charge in [0.15, 0.2) is 0 Å². The number of pyridine rings is 1. The van der Waals surface area contributed by atoms with Crippen LogP contribution in [0.1, 0.15) is 45.7 Å². The maximum atomic E-state index is 5.67. The SMILES string of the molecule is CC(C)(C)C1CCCN(CCc2ccc(N)cn2)CC1. The normalized spacial score (nSPS) is 21.6. The van der Waals surface area contributed by atoms with E-state index in [-0.39, 0.29) is 0 Å². The molecule has 20 heavy (non-hydrogen) atoms. The molecule has 2 heterocycles. The molecule has 0 amide bonds. The Labute approximate surface area is 123 Å². The van der Waals surface area contributed by atoms with Crippen LogP contribution in [0.3, 0.4) is 0 Å². The van der Waals surface area contributed by atoms with Crippen molar-refractivity contribution in [2.45, 2.75) is 46.5 Å². The Hall–Kier alpha value is -1.09. The van der Waals surface area contributed by atoms with Crippen LogP contribution in [0.15, 0.2) is 18.3 Å². The number of likely N-dealkylation sites (tertiary alicyclic amines) is 1. The summed E-state index contributed by atoms with van der Waals surface area (Å²) < 4.78 is 0. The van der Waals surface area contributed by atoms with Crippen molar-refractivity contribution in [3.05, 3.63) is 24.0 Å². The van der Waals surface area contributed by atoms with E-state index in [0.29, 0.717) is 5.41 Å². The predicted molar refractivity (Wildman–Crippen MR) is 85.6 cm³/mol. The van der Waals surface area contributed by atoms with Gasteiger partial charge in [0.2, 0.25) is 0 Å². The van der Waals surface area contributed by atoms with Crippen LogP contribution in [0, 0.1) is 11.3 Å². The van der Waals surface area contributed by atoms with E-state index in [0.717, 1.165) is 30.3 Å². The van der Waals surface area contributed by atoms with E-state index < -0.39 is 0 Å². The maximum Gasteiger partial charge on any atom is 0.0501 e. The molecule has 1 aromatic heterocycles. The number of nitrogens with two attached hydrogens (primary N) is 1. The van der Waals surface area contributed by atoms with Crippen molar-refractivity contribution in [3.8, 4) is 0 Å². The highest BCUT2D eigenvalue weighted by Gasteiger charge is 2.26. The second-order valence-corrected chi connectivity index (χ2v) is 7.17. The molecule has 1 aromatic rings. The Kier molecular flexibility index (Phi) is 5.03. The van der Waals surface area contributed by atoms with Crippen LogP contribution in [-0.4, -0.2) is 29.5 Å². The van der Waals surface area contributed by atoms with Gasteiger partial charge in [0.05, 0.1) is 11.9 Å². The third kappa shape index (κ3) is 4.48. The van der Waals surface area contributed by atoms with Crippen molar-refractivity contribution in [2.75, 3.05) is 25.4 Å². The summed E-state index contributed by atoms with van der Waals surface area (Å²) in [4.78, 5) is 6.99. The third-order valence-corrected chi connectivity index (χ3v) is 4.58. The lowest BCUT2D eigenvalue weighted by Crippen LogP contribution is -2.28. The Morgan fingerprint density at radius 2 is 2.05 bits per heavy atom. The zero-order valence-corrected chi connectivity index (χ0v) is 13.2. The molecule has 0 radical (unpaired) electrons. The minimum Gasteiger partial charge on any atom is -0.397 e. The largest absolute Gasteiger partial charge is 0.397 e. The highest BCUT2D eigenvalue weighted by atomic mass is 15.1. The summed E-state index contributed by atoms with van der Waals surface area (Å²) >= 11 is 0. The number of hydrogen-bond acceptors (Lipinski definition) is 3. The molecule has 3 nitrogen and oxygen atoms in total. The summed E-state index contributed by atoms with van der Waals surface area (Å²) in [6, 6.07) is 3.99. The van der Waals surface area contributed by atoms with Crippen molar-refractivity contribution in [1.82, 2.24) is 9.88 Å². The van der Waals surface area contributed by atoms with E-state index in [4.69, 9.17) is 5.73 Å².